The number of rotatable bonds is 7. The number of fused-ring (bicyclic) bond motifs is 1. The Morgan fingerprint density at radius 1 is 1.20 bits per heavy atom. The predicted molar refractivity (Wildman–Crippen MR) is 103 cm³/mol. The first-order valence-corrected chi connectivity index (χ1v) is 9.42. The third-order valence-electron chi connectivity index (χ3n) is 4.73. The fourth-order valence-electron chi connectivity index (χ4n) is 3.44. The van der Waals surface area contributed by atoms with Crippen molar-refractivity contribution in [3.8, 4) is 0 Å². The molecular weight excluding hydrogens is 332 g/mol. The Bertz CT molecular complexity index is 717. The average Bonchev–Trinajstić information content (AvgIpc) is 2.62. The summed E-state index contributed by atoms with van der Waals surface area (Å²) in [6.45, 7) is 1.72. The van der Waals surface area contributed by atoms with Gasteiger partial charge in [-0.1, -0.05) is 48.0 Å². The van der Waals surface area contributed by atoms with Gasteiger partial charge in [0.15, 0.2) is 0 Å². The number of aryl methyl sites for hydroxylation is 1. The van der Waals surface area contributed by atoms with Crippen LogP contribution in [0.5, 0.6) is 0 Å². The smallest absolute Gasteiger partial charge is 0.220 e. The summed E-state index contributed by atoms with van der Waals surface area (Å²) in [5.41, 5.74) is 3.99. The lowest BCUT2D eigenvalue weighted by Crippen LogP contribution is -2.33. The van der Waals surface area contributed by atoms with E-state index in [0.717, 1.165) is 37.3 Å². The fourth-order valence-corrected chi connectivity index (χ4v) is 3.65. The molecule has 1 unspecified atom stereocenters. The van der Waals surface area contributed by atoms with Crippen molar-refractivity contribution < 1.29 is 4.79 Å². The second-order valence-electron chi connectivity index (χ2n) is 6.58. The Balaban J connectivity index is 1.37. The van der Waals surface area contributed by atoms with Gasteiger partial charge in [-0.25, -0.2) is 0 Å². The molecular formula is C21H25ClN2O. The van der Waals surface area contributed by atoms with Crippen LogP contribution in [0.1, 0.15) is 42.0 Å². The number of benzene rings is 2. The molecule has 0 spiro atoms. The molecule has 0 radical (unpaired) electrons. The second-order valence-corrected chi connectivity index (χ2v) is 7.01. The van der Waals surface area contributed by atoms with Gasteiger partial charge in [0.25, 0.3) is 0 Å². The highest BCUT2D eigenvalue weighted by Gasteiger charge is 2.18. The zero-order chi connectivity index (χ0) is 17.5. The molecule has 3 rings (SSSR count). The van der Waals surface area contributed by atoms with Crippen LogP contribution < -0.4 is 10.6 Å². The summed E-state index contributed by atoms with van der Waals surface area (Å²) in [7, 11) is 0. The van der Waals surface area contributed by atoms with Crippen molar-refractivity contribution in [1.82, 2.24) is 10.6 Å². The first-order valence-electron chi connectivity index (χ1n) is 9.05. The molecule has 0 saturated carbocycles. The molecule has 3 nitrogen and oxygen atoms in total. The maximum absolute atomic E-state index is 12.0. The minimum atomic E-state index is 0.131. The lowest BCUT2D eigenvalue weighted by atomic mass is 9.92. The van der Waals surface area contributed by atoms with Gasteiger partial charge in [0, 0.05) is 24.0 Å². The minimum Gasteiger partial charge on any atom is -0.356 e. The SMILES string of the molecule is O=C(CCCc1cccc(Cl)c1)NCCC1NCCc2ccccc21. The zero-order valence-electron chi connectivity index (χ0n) is 14.4. The molecule has 2 N–H and O–H groups in total. The van der Waals surface area contributed by atoms with Gasteiger partial charge in [0.05, 0.1) is 0 Å². The standard InChI is InChI=1S/C21H25ClN2O/c22-18-8-3-5-16(15-18)6-4-10-21(25)24-14-12-20-19-9-2-1-7-17(19)11-13-23-20/h1-3,5,7-9,15,20,23H,4,6,10-14H2,(H,24,25). The first kappa shape index (κ1) is 18.0. The summed E-state index contributed by atoms with van der Waals surface area (Å²) < 4.78 is 0. The maximum Gasteiger partial charge on any atom is 0.220 e. The predicted octanol–water partition coefficient (Wildman–Crippen LogP) is 4.06. The van der Waals surface area contributed by atoms with E-state index in [-0.39, 0.29) is 5.91 Å². The van der Waals surface area contributed by atoms with E-state index in [4.69, 9.17) is 11.6 Å². The van der Waals surface area contributed by atoms with Gasteiger partial charge >= 0.3 is 0 Å². The molecule has 1 heterocycles. The van der Waals surface area contributed by atoms with Crippen molar-refractivity contribution in [2.75, 3.05) is 13.1 Å². The van der Waals surface area contributed by atoms with E-state index >= 15 is 0 Å². The fraction of sp³-hybridized carbons (Fsp3) is 0.381. The molecule has 0 aromatic heterocycles. The first-order chi connectivity index (χ1) is 12.2. The van der Waals surface area contributed by atoms with Gasteiger partial charge in [-0.05, 0) is 61.1 Å². The van der Waals surface area contributed by atoms with Crippen LogP contribution in [0.2, 0.25) is 5.02 Å². The lowest BCUT2D eigenvalue weighted by molar-refractivity contribution is -0.121. The highest BCUT2D eigenvalue weighted by atomic mass is 35.5. The van der Waals surface area contributed by atoms with Crippen molar-refractivity contribution in [1.29, 1.82) is 0 Å². The van der Waals surface area contributed by atoms with Gasteiger partial charge in [-0.15, -0.1) is 0 Å². The molecule has 0 bridgehead atoms. The highest BCUT2D eigenvalue weighted by Crippen LogP contribution is 2.24. The summed E-state index contributed by atoms with van der Waals surface area (Å²) in [6, 6.07) is 16.8. The number of carbonyl (C=O) groups is 1. The molecule has 2 aromatic rings. The van der Waals surface area contributed by atoms with E-state index in [1.54, 1.807) is 0 Å². The van der Waals surface area contributed by atoms with Crippen LogP contribution in [0.25, 0.3) is 0 Å². The molecule has 4 heteroatoms. The average molecular weight is 357 g/mol. The summed E-state index contributed by atoms with van der Waals surface area (Å²) in [5, 5.41) is 7.36. The molecule has 1 amide bonds. The van der Waals surface area contributed by atoms with E-state index in [1.807, 2.05) is 18.2 Å². The van der Waals surface area contributed by atoms with Crippen LogP contribution in [0.4, 0.5) is 0 Å². The van der Waals surface area contributed by atoms with Gasteiger partial charge in [0.2, 0.25) is 5.91 Å². The number of amides is 1. The Labute approximate surface area is 154 Å². The van der Waals surface area contributed by atoms with E-state index in [2.05, 4.69) is 41.0 Å². The van der Waals surface area contributed by atoms with Gasteiger partial charge < -0.3 is 10.6 Å². The maximum atomic E-state index is 12.0. The zero-order valence-corrected chi connectivity index (χ0v) is 15.2. The third-order valence-corrected chi connectivity index (χ3v) is 4.96. The second kappa shape index (κ2) is 9.02. The quantitative estimate of drug-likeness (QED) is 0.785. The molecule has 1 aliphatic rings. The normalized spacial score (nSPS) is 16.3. The number of nitrogens with one attached hydrogen (secondary N) is 2. The topological polar surface area (TPSA) is 41.1 Å². The van der Waals surface area contributed by atoms with Crippen LogP contribution in [0.15, 0.2) is 48.5 Å². The number of hydrogen-bond acceptors (Lipinski definition) is 2. The van der Waals surface area contributed by atoms with Gasteiger partial charge in [-0.3, -0.25) is 4.79 Å². The van der Waals surface area contributed by atoms with E-state index in [0.29, 0.717) is 19.0 Å². The molecule has 25 heavy (non-hydrogen) atoms. The van der Waals surface area contributed by atoms with E-state index in [9.17, 15) is 4.79 Å². The Hall–Kier alpha value is -1.84. The van der Waals surface area contributed by atoms with Crippen molar-refractivity contribution in [3.05, 3.63) is 70.2 Å². The number of carbonyl (C=O) groups excluding carboxylic acids is 1. The summed E-state index contributed by atoms with van der Waals surface area (Å²) in [6.07, 6.45) is 4.29. The summed E-state index contributed by atoms with van der Waals surface area (Å²) in [5.74, 6) is 0.131. The highest BCUT2D eigenvalue weighted by molar-refractivity contribution is 6.30. The molecule has 0 saturated heterocycles. The Morgan fingerprint density at radius 2 is 2.08 bits per heavy atom. The Morgan fingerprint density at radius 3 is 2.96 bits per heavy atom. The monoisotopic (exact) mass is 356 g/mol. The number of halogens is 1. The molecule has 1 atom stereocenters. The van der Waals surface area contributed by atoms with E-state index < -0.39 is 0 Å². The molecule has 0 fully saturated rings. The summed E-state index contributed by atoms with van der Waals surface area (Å²) >= 11 is 5.98. The van der Waals surface area contributed by atoms with Crippen LogP contribution in [0, 0.1) is 0 Å². The lowest BCUT2D eigenvalue weighted by Gasteiger charge is -2.27. The van der Waals surface area contributed by atoms with Gasteiger partial charge in [0.1, 0.15) is 0 Å². The van der Waals surface area contributed by atoms with Crippen LogP contribution in [0.3, 0.4) is 0 Å². The largest absolute Gasteiger partial charge is 0.356 e. The molecule has 132 valence electrons. The van der Waals surface area contributed by atoms with Crippen molar-refractivity contribution in [2.45, 2.75) is 38.1 Å². The van der Waals surface area contributed by atoms with Crippen LogP contribution in [-0.4, -0.2) is 19.0 Å². The van der Waals surface area contributed by atoms with Crippen molar-refractivity contribution in [2.24, 2.45) is 0 Å². The third kappa shape index (κ3) is 5.32. The minimum absolute atomic E-state index is 0.131. The molecule has 1 aliphatic heterocycles. The number of hydrogen-bond donors (Lipinski definition) is 2. The van der Waals surface area contributed by atoms with Gasteiger partial charge in [-0.2, -0.15) is 0 Å². The van der Waals surface area contributed by atoms with Crippen molar-refractivity contribution >= 4 is 17.5 Å². The summed E-state index contributed by atoms with van der Waals surface area (Å²) in [4.78, 5) is 12.0. The molecule has 2 aromatic carbocycles. The van der Waals surface area contributed by atoms with Crippen molar-refractivity contribution in [3.63, 3.8) is 0 Å². The van der Waals surface area contributed by atoms with Crippen LogP contribution in [-0.2, 0) is 17.6 Å². The van der Waals surface area contributed by atoms with Crippen LogP contribution >= 0.6 is 11.6 Å². The Kier molecular flexibility index (Phi) is 6.48. The van der Waals surface area contributed by atoms with E-state index in [1.165, 1.54) is 16.7 Å². The molecule has 0 aliphatic carbocycles.